The fourth-order valence-corrected chi connectivity index (χ4v) is 2.68. The fourth-order valence-electron chi connectivity index (χ4n) is 2.41. The lowest BCUT2D eigenvalue weighted by molar-refractivity contribution is 0.268. The van der Waals surface area contributed by atoms with Gasteiger partial charge < -0.3 is 10.6 Å². The van der Waals surface area contributed by atoms with Crippen LogP contribution in [0.3, 0.4) is 0 Å². The molecule has 0 radical (unpaired) electrons. The Labute approximate surface area is 112 Å². The van der Waals surface area contributed by atoms with E-state index in [1.54, 1.807) is 0 Å². The van der Waals surface area contributed by atoms with Crippen molar-refractivity contribution in [2.75, 3.05) is 19.6 Å². The SMILES string of the molecule is NC(CN1CCCCCC1)c1ccc(Br)cc1. The van der Waals surface area contributed by atoms with Crippen LogP contribution in [0, 0.1) is 0 Å². The highest BCUT2D eigenvalue weighted by atomic mass is 79.9. The summed E-state index contributed by atoms with van der Waals surface area (Å²) in [5, 5.41) is 0. The van der Waals surface area contributed by atoms with E-state index in [9.17, 15) is 0 Å². The summed E-state index contributed by atoms with van der Waals surface area (Å²) < 4.78 is 1.11. The van der Waals surface area contributed by atoms with Gasteiger partial charge in [0.2, 0.25) is 0 Å². The summed E-state index contributed by atoms with van der Waals surface area (Å²) in [6, 6.07) is 8.51. The molecule has 17 heavy (non-hydrogen) atoms. The fraction of sp³-hybridized carbons (Fsp3) is 0.571. The Balaban J connectivity index is 1.91. The van der Waals surface area contributed by atoms with Crippen LogP contribution >= 0.6 is 15.9 Å². The molecule has 1 atom stereocenters. The van der Waals surface area contributed by atoms with Crippen molar-refractivity contribution in [1.82, 2.24) is 4.90 Å². The average Bonchev–Trinajstić information content (AvgIpc) is 2.58. The second-order valence-electron chi connectivity index (χ2n) is 4.87. The van der Waals surface area contributed by atoms with Gasteiger partial charge in [-0.15, -0.1) is 0 Å². The zero-order valence-electron chi connectivity index (χ0n) is 10.2. The summed E-state index contributed by atoms with van der Waals surface area (Å²) in [7, 11) is 0. The molecule has 1 aromatic rings. The van der Waals surface area contributed by atoms with Crippen LogP contribution in [0.15, 0.2) is 28.7 Å². The van der Waals surface area contributed by atoms with Gasteiger partial charge >= 0.3 is 0 Å². The molecule has 0 spiro atoms. The Bertz CT molecular complexity index is 329. The molecule has 1 fully saturated rings. The summed E-state index contributed by atoms with van der Waals surface area (Å²) >= 11 is 3.45. The van der Waals surface area contributed by atoms with Crippen LogP contribution in [-0.4, -0.2) is 24.5 Å². The van der Waals surface area contributed by atoms with Crippen molar-refractivity contribution >= 4 is 15.9 Å². The highest BCUT2D eigenvalue weighted by Crippen LogP contribution is 2.18. The third kappa shape index (κ3) is 4.09. The summed E-state index contributed by atoms with van der Waals surface area (Å²) in [5.74, 6) is 0. The second kappa shape index (κ2) is 6.53. The minimum Gasteiger partial charge on any atom is -0.323 e. The Morgan fingerprint density at radius 1 is 1.06 bits per heavy atom. The number of hydrogen-bond acceptors (Lipinski definition) is 2. The van der Waals surface area contributed by atoms with Gasteiger partial charge in [0.1, 0.15) is 0 Å². The van der Waals surface area contributed by atoms with Crippen LogP contribution in [0.5, 0.6) is 0 Å². The first-order valence-corrected chi connectivity index (χ1v) is 7.28. The molecule has 1 saturated heterocycles. The summed E-state index contributed by atoms with van der Waals surface area (Å²) in [4.78, 5) is 2.51. The minimum absolute atomic E-state index is 0.140. The van der Waals surface area contributed by atoms with Crippen LogP contribution < -0.4 is 5.73 Å². The first kappa shape index (κ1) is 13.1. The number of rotatable bonds is 3. The van der Waals surface area contributed by atoms with Crippen molar-refractivity contribution in [3.8, 4) is 0 Å². The average molecular weight is 297 g/mol. The molecule has 0 bridgehead atoms. The summed E-state index contributed by atoms with van der Waals surface area (Å²) in [6.45, 7) is 3.41. The highest BCUT2D eigenvalue weighted by molar-refractivity contribution is 9.10. The van der Waals surface area contributed by atoms with Gasteiger partial charge in [0.25, 0.3) is 0 Å². The Morgan fingerprint density at radius 3 is 2.24 bits per heavy atom. The standard InChI is InChI=1S/C14H21BrN2/c15-13-7-5-12(6-8-13)14(16)11-17-9-3-1-2-4-10-17/h5-8,14H,1-4,9-11,16H2. The number of hydrogen-bond donors (Lipinski definition) is 1. The maximum Gasteiger partial charge on any atom is 0.0424 e. The lowest BCUT2D eigenvalue weighted by Crippen LogP contribution is -2.32. The van der Waals surface area contributed by atoms with Gasteiger partial charge in [-0.1, -0.05) is 40.9 Å². The van der Waals surface area contributed by atoms with Gasteiger partial charge in [-0.05, 0) is 43.6 Å². The molecule has 0 saturated carbocycles. The largest absolute Gasteiger partial charge is 0.323 e. The zero-order valence-corrected chi connectivity index (χ0v) is 11.8. The number of halogens is 1. The van der Waals surface area contributed by atoms with E-state index in [4.69, 9.17) is 5.73 Å². The van der Waals surface area contributed by atoms with E-state index in [0.717, 1.165) is 11.0 Å². The molecule has 1 aromatic carbocycles. The molecular weight excluding hydrogens is 276 g/mol. The van der Waals surface area contributed by atoms with Crippen LogP contribution in [0.2, 0.25) is 0 Å². The van der Waals surface area contributed by atoms with Gasteiger partial charge in [0.15, 0.2) is 0 Å². The van der Waals surface area contributed by atoms with Crippen LogP contribution in [0.1, 0.15) is 37.3 Å². The molecular formula is C14H21BrN2. The third-order valence-corrected chi connectivity index (χ3v) is 3.98. The van der Waals surface area contributed by atoms with Gasteiger partial charge in [0, 0.05) is 17.1 Å². The van der Waals surface area contributed by atoms with Crippen LogP contribution in [0.4, 0.5) is 0 Å². The molecule has 1 unspecified atom stereocenters. The Morgan fingerprint density at radius 2 is 1.65 bits per heavy atom. The first-order chi connectivity index (χ1) is 8.25. The number of nitrogens with two attached hydrogens (primary N) is 1. The topological polar surface area (TPSA) is 29.3 Å². The molecule has 0 aromatic heterocycles. The van der Waals surface area contributed by atoms with Crippen LogP contribution in [0.25, 0.3) is 0 Å². The molecule has 3 heteroatoms. The maximum atomic E-state index is 6.27. The molecule has 0 amide bonds. The monoisotopic (exact) mass is 296 g/mol. The van der Waals surface area contributed by atoms with Crippen molar-refractivity contribution in [1.29, 1.82) is 0 Å². The van der Waals surface area contributed by atoms with E-state index in [-0.39, 0.29) is 6.04 Å². The first-order valence-electron chi connectivity index (χ1n) is 6.49. The van der Waals surface area contributed by atoms with E-state index in [2.05, 4.69) is 45.1 Å². The van der Waals surface area contributed by atoms with Gasteiger partial charge in [-0.3, -0.25) is 0 Å². The minimum atomic E-state index is 0.140. The smallest absolute Gasteiger partial charge is 0.0424 e. The quantitative estimate of drug-likeness (QED) is 0.927. The van der Waals surface area contributed by atoms with Crippen molar-refractivity contribution in [2.24, 2.45) is 5.73 Å². The molecule has 0 aliphatic carbocycles. The lowest BCUT2D eigenvalue weighted by Gasteiger charge is -2.24. The summed E-state index contributed by atoms with van der Waals surface area (Å²) in [6.07, 6.45) is 5.41. The molecule has 94 valence electrons. The van der Waals surface area contributed by atoms with E-state index in [0.29, 0.717) is 0 Å². The van der Waals surface area contributed by atoms with Crippen molar-refractivity contribution in [3.63, 3.8) is 0 Å². The third-order valence-electron chi connectivity index (χ3n) is 3.45. The molecule has 1 heterocycles. The van der Waals surface area contributed by atoms with Crippen LogP contribution in [-0.2, 0) is 0 Å². The Kier molecular flexibility index (Phi) is 5.01. The van der Waals surface area contributed by atoms with Crippen molar-refractivity contribution < 1.29 is 0 Å². The lowest BCUT2D eigenvalue weighted by atomic mass is 10.1. The molecule has 2 rings (SSSR count). The predicted octanol–water partition coefficient (Wildman–Crippen LogP) is 3.32. The molecule has 1 aliphatic rings. The van der Waals surface area contributed by atoms with Crippen molar-refractivity contribution in [3.05, 3.63) is 34.3 Å². The zero-order chi connectivity index (χ0) is 12.1. The number of benzene rings is 1. The van der Waals surface area contributed by atoms with Gasteiger partial charge in [0.05, 0.1) is 0 Å². The Hall–Kier alpha value is -0.380. The van der Waals surface area contributed by atoms with E-state index < -0.39 is 0 Å². The normalized spacial score (nSPS) is 19.9. The maximum absolute atomic E-state index is 6.27. The molecule has 2 nitrogen and oxygen atoms in total. The molecule has 1 aliphatic heterocycles. The van der Waals surface area contributed by atoms with E-state index >= 15 is 0 Å². The van der Waals surface area contributed by atoms with Gasteiger partial charge in [-0.2, -0.15) is 0 Å². The summed E-state index contributed by atoms with van der Waals surface area (Å²) in [5.41, 5.74) is 7.50. The van der Waals surface area contributed by atoms with Gasteiger partial charge in [-0.25, -0.2) is 0 Å². The number of likely N-dealkylation sites (tertiary alicyclic amines) is 1. The predicted molar refractivity (Wildman–Crippen MR) is 76.0 cm³/mol. The van der Waals surface area contributed by atoms with E-state index in [1.165, 1.54) is 44.3 Å². The van der Waals surface area contributed by atoms with E-state index in [1.807, 2.05) is 0 Å². The highest BCUT2D eigenvalue weighted by Gasteiger charge is 2.13. The van der Waals surface area contributed by atoms with Crippen molar-refractivity contribution in [2.45, 2.75) is 31.7 Å². The second-order valence-corrected chi connectivity index (χ2v) is 5.79. The number of nitrogens with zero attached hydrogens (tertiary/aromatic N) is 1. The molecule has 2 N–H and O–H groups in total.